The molecular weight excluding hydrogens is 258 g/mol. The Balaban J connectivity index is 1.72. The first kappa shape index (κ1) is 14.0. The number of ether oxygens (including phenoxy) is 2. The monoisotopic (exact) mass is 281 g/mol. The van der Waals surface area contributed by atoms with Crippen LogP contribution in [0.15, 0.2) is 4.52 Å². The van der Waals surface area contributed by atoms with E-state index in [1.807, 2.05) is 6.92 Å². The highest BCUT2D eigenvalue weighted by Gasteiger charge is 2.40. The van der Waals surface area contributed by atoms with Crippen molar-refractivity contribution in [2.45, 2.75) is 50.7 Å². The highest BCUT2D eigenvalue weighted by atomic mass is 16.5. The van der Waals surface area contributed by atoms with E-state index in [-0.39, 0.29) is 0 Å². The summed E-state index contributed by atoms with van der Waals surface area (Å²) in [6.45, 7) is 5.11. The highest BCUT2D eigenvalue weighted by molar-refractivity contribution is 5.04. The van der Waals surface area contributed by atoms with Crippen molar-refractivity contribution in [2.24, 2.45) is 0 Å². The number of hydrogen-bond donors (Lipinski definition) is 1. The van der Waals surface area contributed by atoms with Gasteiger partial charge in [-0.3, -0.25) is 0 Å². The lowest BCUT2D eigenvalue weighted by Gasteiger charge is -2.33. The first-order chi connectivity index (χ1) is 9.82. The Hall–Kier alpha value is -0.980. The minimum absolute atomic E-state index is 0.419. The summed E-state index contributed by atoms with van der Waals surface area (Å²) >= 11 is 0. The molecule has 2 aliphatic heterocycles. The number of aromatic nitrogens is 2. The second-order valence-corrected chi connectivity index (χ2v) is 5.55. The van der Waals surface area contributed by atoms with E-state index in [0.717, 1.165) is 25.8 Å². The van der Waals surface area contributed by atoms with Gasteiger partial charge >= 0.3 is 0 Å². The average Bonchev–Trinajstić information content (AvgIpc) is 3.13. The van der Waals surface area contributed by atoms with Crippen LogP contribution in [-0.4, -0.2) is 42.5 Å². The molecule has 3 heterocycles. The largest absolute Gasteiger partial charge is 0.381 e. The lowest BCUT2D eigenvalue weighted by atomic mass is 9.93. The molecule has 0 amide bonds. The molecule has 0 bridgehead atoms. The normalized spacial score (nSPS) is 25.9. The molecule has 1 atom stereocenters. The van der Waals surface area contributed by atoms with Gasteiger partial charge in [0.1, 0.15) is 5.60 Å². The Morgan fingerprint density at radius 2 is 2.25 bits per heavy atom. The van der Waals surface area contributed by atoms with Gasteiger partial charge < -0.3 is 19.3 Å². The molecule has 2 saturated heterocycles. The van der Waals surface area contributed by atoms with Crippen LogP contribution in [0.3, 0.4) is 0 Å². The van der Waals surface area contributed by atoms with Gasteiger partial charge in [-0.1, -0.05) is 5.16 Å². The fourth-order valence-electron chi connectivity index (χ4n) is 3.07. The maximum absolute atomic E-state index is 5.96. The van der Waals surface area contributed by atoms with Crippen LogP contribution in [0.25, 0.3) is 0 Å². The molecule has 6 heteroatoms. The summed E-state index contributed by atoms with van der Waals surface area (Å²) in [4.78, 5) is 4.59. The minimum Gasteiger partial charge on any atom is -0.381 e. The summed E-state index contributed by atoms with van der Waals surface area (Å²) in [5.74, 6) is 1.40. The van der Waals surface area contributed by atoms with Crippen LogP contribution in [0.2, 0.25) is 0 Å². The summed E-state index contributed by atoms with van der Waals surface area (Å²) in [5.41, 5.74) is -0.419. The Morgan fingerprint density at radius 3 is 2.95 bits per heavy atom. The molecular formula is C14H23N3O3. The lowest BCUT2D eigenvalue weighted by molar-refractivity contribution is -0.118. The summed E-state index contributed by atoms with van der Waals surface area (Å²) in [5, 5.41) is 7.63. The molecule has 1 aromatic heterocycles. The number of nitrogens with one attached hydrogen (secondary N) is 1. The van der Waals surface area contributed by atoms with Gasteiger partial charge in [0, 0.05) is 45.1 Å². The Kier molecular flexibility index (Phi) is 4.33. The molecule has 0 saturated carbocycles. The van der Waals surface area contributed by atoms with E-state index in [1.165, 1.54) is 12.8 Å². The van der Waals surface area contributed by atoms with Crippen molar-refractivity contribution >= 4 is 0 Å². The summed E-state index contributed by atoms with van der Waals surface area (Å²) in [6, 6.07) is 0.473. The van der Waals surface area contributed by atoms with E-state index in [4.69, 9.17) is 14.0 Å². The van der Waals surface area contributed by atoms with Gasteiger partial charge in [0.25, 0.3) is 0 Å². The van der Waals surface area contributed by atoms with Gasteiger partial charge in [-0.15, -0.1) is 0 Å². The molecule has 2 fully saturated rings. The third-order valence-corrected chi connectivity index (χ3v) is 4.18. The maximum atomic E-state index is 5.96. The predicted molar refractivity (Wildman–Crippen MR) is 72.4 cm³/mol. The Labute approximate surface area is 119 Å². The van der Waals surface area contributed by atoms with Crippen LogP contribution in [-0.2, 0) is 21.5 Å². The number of rotatable bonds is 5. The van der Waals surface area contributed by atoms with Crippen LogP contribution in [0.4, 0.5) is 0 Å². The molecule has 1 unspecified atom stereocenters. The molecule has 1 N–H and O–H groups in total. The van der Waals surface area contributed by atoms with E-state index in [0.29, 0.717) is 37.6 Å². The van der Waals surface area contributed by atoms with Crippen molar-refractivity contribution in [1.82, 2.24) is 15.5 Å². The van der Waals surface area contributed by atoms with E-state index in [9.17, 15) is 0 Å². The van der Waals surface area contributed by atoms with Crippen molar-refractivity contribution < 1.29 is 14.0 Å². The third kappa shape index (κ3) is 2.87. The zero-order chi connectivity index (χ0) is 13.8. The highest BCUT2D eigenvalue weighted by Crippen LogP contribution is 2.34. The molecule has 0 aromatic carbocycles. The van der Waals surface area contributed by atoms with Crippen molar-refractivity contribution in [3.8, 4) is 0 Å². The zero-order valence-corrected chi connectivity index (χ0v) is 12.1. The quantitative estimate of drug-likeness (QED) is 0.880. The smallest absolute Gasteiger partial charge is 0.228 e. The lowest BCUT2D eigenvalue weighted by Crippen LogP contribution is -2.37. The topological polar surface area (TPSA) is 69.4 Å². The van der Waals surface area contributed by atoms with Crippen LogP contribution in [0, 0.1) is 0 Å². The van der Waals surface area contributed by atoms with E-state index in [2.05, 4.69) is 15.5 Å². The zero-order valence-electron chi connectivity index (χ0n) is 12.1. The molecule has 1 aromatic rings. The van der Waals surface area contributed by atoms with Crippen molar-refractivity contribution in [3.63, 3.8) is 0 Å². The summed E-state index contributed by atoms with van der Waals surface area (Å²) < 4.78 is 16.8. The molecule has 20 heavy (non-hydrogen) atoms. The van der Waals surface area contributed by atoms with Crippen LogP contribution in [0.5, 0.6) is 0 Å². The van der Waals surface area contributed by atoms with Gasteiger partial charge in [0.05, 0.1) is 0 Å². The first-order valence-electron chi connectivity index (χ1n) is 7.60. The molecule has 112 valence electrons. The van der Waals surface area contributed by atoms with Crippen LogP contribution in [0.1, 0.15) is 44.3 Å². The molecule has 6 nitrogen and oxygen atoms in total. The molecule has 2 aliphatic rings. The van der Waals surface area contributed by atoms with E-state index >= 15 is 0 Å². The van der Waals surface area contributed by atoms with E-state index < -0.39 is 5.60 Å². The standard InChI is InChI=1S/C14H23N3O3/c1-2-19-14(5-8-18-9-6-14)13-16-12(20-17-13)10-11-4-3-7-15-11/h11,15H,2-10H2,1H3. The van der Waals surface area contributed by atoms with Crippen molar-refractivity contribution in [2.75, 3.05) is 26.4 Å². The van der Waals surface area contributed by atoms with Gasteiger partial charge in [-0.05, 0) is 26.3 Å². The van der Waals surface area contributed by atoms with Crippen LogP contribution < -0.4 is 5.32 Å². The second-order valence-electron chi connectivity index (χ2n) is 5.55. The fraction of sp³-hybridized carbons (Fsp3) is 0.857. The van der Waals surface area contributed by atoms with E-state index in [1.54, 1.807) is 0 Å². The molecule has 0 radical (unpaired) electrons. The SMILES string of the molecule is CCOC1(c2noc(CC3CCCN3)n2)CCOCC1. The number of hydrogen-bond acceptors (Lipinski definition) is 6. The second kappa shape index (κ2) is 6.20. The third-order valence-electron chi connectivity index (χ3n) is 4.18. The van der Waals surface area contributed by atoms with Crippen LogP contribution >= 0.6 is 0 Å². The van der Waals surface area contributed by atoms with Gasteiger partial charge in [-0.25, -0.2) is 0 Å². The number of nitrogens with zero attached hydrogens (tertiary/aromatic N) is 2. The molecule has 0 spiro atoms. The first-order valence-corrected chi connectivity index (χ1v) is 7.60. The maximum Gasteiger partial charge on any atom is 0.228 e. The molecule has 3 rings (SSSR count). The summed E-state index contributed by atoms with van der Waals surface area (Å²) in [7, 11) is 0. The van der Waals surface area contributed by atoms with Crippen molar-refractivity contribution in [1.29, 1.82) is 0 Å². The average molecular weight is 281 g/mol. The summed E-state index contributed by atoms with van der Waals surface area (Å²) in [6.07, 6.45) is 4.81. The minimum atomic E-state index is -0.419. The van der Waals surface area contributed by atoms with Gasteiger partial charge in [0.2, 0.25) is 11.7 Å². The fourth-order valence-corrected chi connectivity index (χ4v) is 3.07. The van der Waals surface area contributed by atoms with Crippen molar-refractivity contribution in [3.05, 3.63) is 11.7 Å². The Bertz CT molecular complexity index is 418. The van der Waals surface area contributed by atoms with Gasteiger partial charge in [-0.2, -0.15) is 4.98 Å². The Morgan fingerprint density at radius 1 is 1.40 bits per heavy atom. The molecule has 0 aliphatic carbocycles. The van der Waals surface area contributed by atoms with Gasteiger partial charge in [0.15, 0.2) is 0 Å². The predicted octanol–water partition coefficient (Wildman–Crippen LogP) is 1.41.